The molecule has 0 unspecified atom stereocenters. The fourth-order valence-corrected chi connectivity index (χ4v) is 4.81. The average Bonchev–Trinajstić information content (AvgIpc) is 2.61. The van der Waals surface area contributed by atoms with Crippen molar-refractivity contribution in [1.29, 1.82) is 0 Å². The first-order valence-electron chi connectivity index (χ1n) is 5.51. The van der Waals surface area contributed by atoms with Crippen LogP contribution in [0.4, 0.5) is 0 Å². The molecule has 0 aromatic carbocycles. The van der Waals surface area contributed by atoms with E-state index in [9.17, 15) is 9.90 Å². The number of rotatable bonds is 2. The summed E-state index contributed by atoms with van der Waals surface area (Å²) >= 11 is 8.18. The summed E-state index contributed by atoms with van der Waals surface area (Å²) in [4.78, 5) is 12.0. The summed E-state index contributed by atoms with van der Waals surface area (Å²) in [5, 5.41) is 12.7. The predicted molar refractivity (Wildman–Crippen MR) is 75.4 cm³/mol. The van der Waals surface area contributed by atoms with Crippen LogP contribution in [-0.4, -0.2) is 23.2 Å². The third-order valence-electron chi connectivity index (χ3n) is 2.95. The Kier molecular flexibility index (Phi) is 4.63. The van der Waals surface area contributed by atoms with Gasteiger partial charge >= 0.3 is 0 Å². The molecule has 1 aliphatic carbocycles. The van der Waals surface area contributed by atoms with Gasteiger partial charge < -0.3 is 10.4 Å². The second-order valence-corrected chi connectivity index (χ2v) is 7.92. The van der Waals surface area contributed by atoms with Crippen LogP contribution < -0.4 is 5.32 Å². The van der Waals surface area contributed by atoms with Gasteiger partial charge in [0.25, 0.3) is 5.91 Å². The number of aliphatic hydroxyl groups excluding tert-OH is 1. The Morgan fingerprint density at radius 2 is 2.12 bits per heavy atom. The topological polar surface area (TPSA) is 49.3 Å². The van der Waals surface area contributed by atoms with E-state index < -0.39 is 6.10 Å². The van der Waals surface area contributed by atoms with Crippen LogP contribution in [0, 0.1) is 0 Å². The summed E-state index contributed by atoms with van der Waals surface area (Å²) in [6.07, 6.45) is 3.33. The molecule has 0 saturated heterocycles. The molecule has 3 nitrogen and oxygen atoms in total. The third kappa shape index (κ3) is 3.30. The number of thiophene rings is 1. The van der Waals surface area contributed by atoms with Crippen molar-refractivity contribution in [3.05, 3.63) is 19.2 Å². The van der Waals surface area contributed by atoms with Gasteiger partial charge in [0, 0.05) is 0 Å². The van der Waals surface area contributed by atoms with E-state index in [-0.39, 0.29) is 11.9 Å². The maximum atomic E-state index is 12.0. The molecule has 6 heteroatoms. The fourth-order valence-electron chi connectivity index (χ4n) is 2.02. The van der Waals surface area contributed by atoms with E-state index >= 15 is 0 Å². The van der Waals surface area contributed by atoms with E-state index in [1.807, 2.05) is 0 Å². The molecule has 2 N–H and O–H groups in total. The first-order chi connectivity index (χ1) is 8.08. The normalized spacial score (nSPS) is 24.6. The maximum Gasteiger partial charge on any atom is 0.253 e. The van der Waals surface area contributed by atoms with E-state index in [0.717, 1.165) is 33.3 Å². The third-order valence-corrected chi connectivity index (χ3v) is 5.29. The predicted octanol–water partition coefficient (Wildman–Crippen LogP) is 3.31. The highest BCUT2D eigenvalue weighted by Crippen LogP contribution is 2.32. The van der Waals surface area contributed by atoms with Crippen LogP contribution >= 0.6 is 43.2 Å². The molecule has 94 valence electrons. The van der Waals surface area contributed by atoms with Gasteiger partial charge in [-0.05, 0) is 50.8 Å². The molecular weight excluding hydrogens is 370 g/mol. The van der Waals surface area contributed by atoms with Crippen LogP contribution in [0.1, 0.15) is 36.0 Å². The van der Waals surface area contributed by atoms with Gasteiger partial charge in [-0.1, -0.05) is 12.8 Å². The SMILES string of the molecule is O=C(N[C@H]1CCCC[C@@H]1O)c1cc(Br)sc1Br. The number of hydrogen-bond acceptors (Lipinski definition) is 3. The largest absolute Gasteiger partial charge is 0.391 e. The Labute approximate surface area is 121 Å². The molecule has 1 aliphatic rings. The van der Waals surface area contributed by atoms with Crippen molar-refractivity contribution >= 4 is 49.1 Å². The fraction of sp³-hybridized carbons (Fsp3) is 0.545. The second kappa shape index (κ2) is 5.82. The van der Waals surface area contributed by atoms with E-state index in [1.54, 1.807) is 6.07 Å². The van der Waals surface area contributed by atoms with Crippen LogP contribution in [0.2, 0.25) is 0 Å². The van der Waals surface area contributed by atoms with Crippen molar-refractivity contribution < 1.29 is 9.90 Å². The minimum absolute atomic E-state index is 0.109. The smallest absolute Gasteiger partial charge is 0.253 e. The number of carbonyl (C=O) groups excluding carboxylic acids is 1. The Hall–Kier alpha value is 0.0900. The van der Waals surface area contributed by atoms with Gasteiger partial charge in [-0.2, -0.15) is 0 Å². The molecule has 17 heavy (non-hydrogen) atoms. The first kappa shape index (κ1) is 13.5. The molecule has 1 aromatic rings. The van der Waals surface area contributed by atoms with E-state index in [1.165, 1.54) is 11.3 Å². The molecule has 0 radical (unpaired) electrons. The average molecular weight is 383 g/mol. The van der Waals surface area contributed by atoms with Gasteiger partial charge in [-0.15, -0.1) is 11.3 Å². The lowest BCUT2D eigenvalue weighted by Crippen LogP contribution is -2.45. The van der Waals surface area contributed by atoms with Crippen molar-refractivity contribution in [3.63, 3.8) is 0 Å². The molecule has 0 bridgehead atoms. The zero-order valence-electron chi connectivity index (χ0n) is 9.08. The van der Waals surface area contributed by atoms with Gasteiger partial charge in [0.15, 0.2) is 0 Å². The van der Waals surface area contributed by atoms with Crippen molar-refractivity contribution in [2.75, 3.05) is 0 Å². The van der Waals surface area contributed by atoms with Crippen LogP contribution in [0.3, 0.4) is 0 Å². The Balaban J connectivity index is 2.03. The molecule has 2 atom stereocenters. The molecule has 1 saturated carbocycles. The second-order valence-electron chi connectivity index (χ2n) is 4.17. The molecule has 2 rings (SSSR count). The number of nitrogens with one attached hydrogen (secondary N) is 1. The van der Waals surface area contributed by atoms with E-state index in [4.69, 9.17) is 0 Å². The van der Waals surface area contributed by atoms with Gasteiger partial charge in [-0.3, -0.25) is 4.79 Å². The van der Waals surface area contributed by atoms with Crippen LogP contribution in [0.15, 0.2) is 13.6 Å². The minimum atomic E-state index is -0.409. The lowest BCUT2D eigenvalue weighted by molar-refractivity contribution is 0.0717. The zero-order valence-corrected chi connectivity index (χ0v) is 13.1. The maximum absolute atomic E-state index is 12.0. The Bertz CT molecular complexity index is 422. The van der Waals surface area contributed by atoms with Crippen molar-refractivity contribution in [2.24, 2.45) is 0 Å². The summed E-state index contributed by atoms with van der Waals surface area (Å²) < 4.78 is 1.73. The summed E-state index contributed by atoms with van der Waals surface area (Å²) in [5.74, 6) is -0.121. The number of halogens is 2. The summed E-state index contributed by atoms with van der Waals surface area (Å²) in [6.45, 7) is 0. The lowest BCUT2D eigenvalue weighted by Gasteiger charge is -2.28. The standard InChI is InChI=1S/C11H13Br2NO2S/c12-9-5-6(10(13)17-9)11(16)14-7-3-1-2-4-8(7)15/h5,7-8,15H,1-4H2,(H,14,16)/t7-,8-/m0/s1. The molecule has 0 aliphatic heterocycles. The zero-order chi connectivity index (χ0) is 12.4. The van der Waals surface area contributed by atoms with Crippen LogP contribution in [-0.2, 0) is 0 Å². The van der Waals surface area contributed by atoms with E-state index in [2.05, 4.69) is 37.2 Å². The van der Waals surface area contributed by atoms with Gasteiger partial charge in [0.2, 0.25) is 0 Å². The van der Waals surface area contributed by atoms with E-state index in [0.29, 0.717) is 5.56 Å². The highest BCUT2D eigenvalue weighted by atomic mass is 79.9. The lowest BCUT2D eigenvalue weighted by atomic mass is 9.92. The van der Waals surface area contributed by atoms with Gasteiger partial charge in [0.1, 0.15) is 0 Å². The summed E-state index contributed by atoms with van der Waals surface area (Å²) in [6, 6.07) is 1.68. The summed E-state index contributed by atoms with van der Waals surface area (Å²) in [7, 11) is 0. The molecule has 1 fully saturated rings. The van der Waals surface area contributed by atoms with Crippen LogP contribution in [0.25, 0.3) is 0 Å². The molecular formula is C11H13Br2NO2S. The van der Waals surface area contributed by atoms with Crippen molar-refractivity contribution in [1.82, 2.24) is 5.32 Å². The molecule has 0 spiro atoms. The Morgan fingerprint density at radius 3 is 2.71 bits per heavy atom. The summed E-state index contributed by atoms with van der Waals surface area (Å²) in [5.41, 5.74) is 0.625. The van der Waals surface area contributed by atoms with Crippen molar-refractivity contribution in [2.45, 2.75) is 37.8 Å². The highest BCUT2D eigenvalue weighted by Gasteiger charge is 2.25. The van der Waals surface area contributed by atoms with Crippen molar-refractivity contribution in [3.8, 4) is 0 Å². The van der Waals surface area contributed by atoms with Gasteiger partial charge in [-0.25, -0.2) is 0 Å². The molecule has 1 aromatic heterocycles. The number of amides is 1. The Morgan fingerprint density at radius 1 is 1.41 bits per heavy atom. The number of aliphatic hydroxyl groups is 1. The number of carbonyl (C=O) groups is 1. The minimum Gasteiger partial charge on any atom is -0.391 e. The molecule has 1 heterocycles. The molecule has 1 amide bonds. The first-order valence-corrected chi connectivity index (χ1v) is 7.92. The number of hydrogen-bond donors (Lipinski definition) is 2. The highest BCUT2D eigenvalue weighted by molar-refractivity contribution is 9.12. The monoisotopic (exact) mass is 381 g/mol. The quantitative estimate of drug-likeness (QED) is 0.824. The van der Waals surface area contributed by atoms with Gasteiger partial charge in [0.05, 0.1) is 25.3 Å². The van der Waals surface area contributed by atoms with Crippen LogP contribution in [0.5, 0.6) is 0 Å².